The smallest absolute Gasteiger partial charge is 0.258 e. The molecule has 1 aromatic rings. The lowest BCUT2D eigenvalue weighted by molar-refractivity contribution is 0.0786. The minimum absolute atomic E-state index is 0.0146. The lowest BCUT2D eigenvalue weighted by atomic mass is 10.1. The van der Waals surface area contributed by atoms with Crippen LogP contribution in [-0.2, 0) is 6.54 Å². The van der Waals surface area contributed by atoms with Crippen LogP contribution in [0.5, 0.6) is 0 Å². The Morgan fingerprint density at radius 2 is 2.32 bits per heavy atom. The van der Waals surface area contributed by atoms with Crippen LogP contribution in [0.1, 0.15) is 29.4 Å². The molecule has 6 heteroatoms. The molecule has 1 aromatic heterocycles. The SMILES string of the molecule is CCn1nc(C)c(C(=O)N2CC[C@H](CNC)C2)c1Cl. The maximum Gasteiger partial charge on any atom is 0.258 e. The number of amides is 1. The largest absolute Gasteiger partial charge is 0.338 e. The Labute approximate surface area is 118 Å². The zero-order chi connectivity index (χ0) is 14.0. The van der Waals surface area contributed by atoms with Gasteiger partial charge in [0, 0.05) is 19.6 Å². The molecule has 0 aliphatic carbocycles. The van der Waals surface area contributed by atoms with Gasteiger partial charge in [-0.1, -0.05) is 11.6 Å². The molecule has 2 heterocycles. The fraction of sp³-hybridized carbons (Fsp3) is 0.692. The third-order valence-electron chi connectivity index (χ3n) is 3.64. The summed E-state index contributed by atoms with van der Waals surface area (Å²) in [6.07, 6.45) is 1.05. The van der Waals surface area contributed by atoms with E-state index >= 15 is 0 Å². The lowest BCUT2D eigenvalue weighted by Crippen LogP contribution is -2.30. The molecule has 1 saturated heterocycles. The molecule has 1 atom stereocenters. The molecule has 0 saturated carbocycles. The second kappa shape index (κ2) is 5.92. The number of hydrogen-bond donors (Lipinski definition) is 1. The van der Waals surface area contributed by atoms with Crippen molar-refractivity contribution in [3.05, 3.63) is 16.4 Å². The highest BCUT2D eigenvalue weighted by molar-refractivity contribution is 6.33. The number of rotatable bonds is 4. The van der Waals surface area contributed by atoms with Crippen molar-refractivity contribution >= 4 is 17.5 Å². The second-order valence-electron chi connectivity index (χ2n) is 5.03. The number of carbonyl (C=O) groups is 1. The molecule has 1 aliphatic rings. The normalized spacial score (nSPS) is 19.2. The van der Waals surface area contributed by atoms with E-state index < -0.39 is 0 Å². The molecular weight excluding hydrogens is 264 g/mol. The highest BCUT2D eigenvalue weighted by Crippen LogP contribution is 2.24. The second-order valence-corrected chi connectivity index (χ2v) is 5.39. The average molecular weight is 285 g/mol. The lowest BCUT2D eigenvalue weighted by Gasteiger charge is -2.16. The van der Waals surface area contributed by atoms with Gasteiger partial charge in [0.15, 0.2) is 0 Å². The van der Waals surface area contributed by atoms with Gasteiger partial charge in [-0.15, -0.1) is 0 Å². The molecule has 1 fully saturated rings. The van der Waals surface area contributed by atoms with Gasteiger partial charge in [-0.05, 0) is 39.8 Å². The summed E-state index contributed by atoms with van der Waals surface area (Å²) in [6, 6.07) is 0. The summed E-state index contributed by atoms with van der Waals surface area (Å²) in [6.45, 7) is 7.03. The van der Waals surface area contributed by atoms with Crippen molar-refractivity contribution < 1.29 is 4.79 Å². The van der Waals surface area contributed by atoms with Crippen molar-refractivity contribution in [2.75, 3.05) is 26.7 Å². The maximum atomic E-state index is 12.5. The molecule has 0 bridgehead atoms. The minimum Gasteiger partial charge on any atom is -0.338 e. The highest BCUT2D eigenvalue weighted by atomic mass is 35.5. The molecular formula is C13H21ClN4O. The van der Waals surface area contributed by atoms with Crippen LogP contribution in [0, 0.1) is 12.8 Å². The molecule has 2 rings (SSSR count). The van der Waals surface area contributed by atoms with Crippen LogP contribution in [-0.4, -0.2) is 47.3 Å². The van der Waals surface area contributed by atoms with E-state index in [1.165, 1.54) is 0 Å². The van der Waals surface area contributed by atoms with Crippen LogP contribution in [0.4, 0.5) is 0 Å². The van der Waals surface area contributed by atoms with E-state index in [1.807, 2.05) is 25.8 Å². The van der Waals surface area contributed by atoms with Crippen LogP contribution in [0.15, 0.2) is 0 Å². The van der Waals surface area contributed by atoms with Gasteiger partial charge in [-0.3, -0.25) is 9.48 Å². The van der Waals surface area contributed by atoms with Crippen molar-refractivity contribution in [1.82, 2.24) is 20.0 Å². The van der Waals surface area contributed by atoms with E-state index in [0.29, 0.717) is 28.9 Å². The van der Waals surface area contributed by atoms with Gasteiger partial charge >= 0.3 is 0 Å². The molecule has 0 unspecified atom stereocenters. The summed E-state index contributed by atoms with van der Waals surface area (Å²) in [4.78, 5) is 14.4. The third-order valence-corrected chi connectivity index (χ3v) is 4.03. The first kappa shape index (κ1) is 14.3. The molecule has 19 heavy (non-hydrogen) atoms. The molecule has 1 N–H and O–H groups in total. The number of halogens is 1. The van der Waals surface area contributed by atoms with E-state index in [-0.39, 0.29) is 5.91 Å². The molecule has 1 amide bonds. The van der Waals surface area contributed by atoms with E-state index in [2.05, 4.69) is 10.4 Å². The third kappa shape index (κ3) is 2.77. The first-order chi connectivity index (χ1) is 9.08. The van der Waals surface area contributed by atoms with Crippen molar-refractivity contribution in [3.8, 4) is 0 Å². The van der Waals surface area contributed by atoms with Crippen LogP contribution < -0.4 is 5.32 Å². The first-order valence-corrected chi connectivity index (χ1v) is 7.13. The number of aromatic nitrogens is 2. The van der Waals surface area contributed by atoms with Gasteiger partial charge in [-0.2, -0.15) is 5.10 Å². The number of hydrogen-bond acceptors (Lipinski definition) is 3. The first-order valence-electron chi connectivity index (χ1n) is 6.75. The van der Waals surface area contributed by atoms with Gasteiger partial charge in [0.25, 0.3) is 5.91 Å². The van der Waals surface area contributed by atoms with Gasteiger partial charge in [-0.25, -0.2) is 0 Å². The minimum atomic E-state index is 0.0146. The van der Waals surface area contributed by atoms with E-state index in [9.17, 15) is 4.79 Å². The van der Waals surface area contributed by atoms with Crippen molar-refractivity contribution in [2.45, 2.75) is 26.8 Å². The number of nitrogens with zero attached hydrogens (tertiary/aromatic N) is 3. The van der Waals surface area contributed by atoms with E-state index in [1.54, 1.807) is 4.68 Å². The van der Waals surface area contributed by atoms with Gasteiger partial charge < -0.3 is 10.2 Å². The summed E-state index contributed by atoms with van der Waals surface area (Å²) < 4.78 is 1.67. The summed E-state index contributed by atoms with van der Waals surface area (Å²) >= 11 is 6.24. The monoisotopic (exact) mass is 284 g/mol. The zero-order valence-electron chi connectivity index (χ0n) is 11.7. The number of nitrogens with one attached hydrogen (secondary N) is 1. The summed E-state index contributed by atoms with van der Waals surface area (Å²) in [5, 5.41) is 7.93. The topological polar surface area (TPSA) is 50.2 Å². The van der Waals surface area contributed by atoms with E-state index in [4.69, 9.17) is 11.6 Å². The van der Waals surface area contributed by atoms with Crippen LogP contribution in [0.2, 0.25) is 5.15 Å². The predicted molar refractivity (Wildman–Crippen MR) is 75.6 cm³/mol. The van der Waals surface area contributed by atoms with Gasteiger partial charge in [0.05, 0.1) is 11.3 Å². The number of likely N-dealkylation sites (tertiary alicyclic amines) is 1. The van der Waals surface area contributed by atoms with Crippen molar-refractivity contribution in [2.24, 2.45) is 5.92 Å². The molecule has 0 aromatic carbocycles. The Bertz CT molecular complexity index is 471. The zero-order valence-corrected chi connectivity index (χ0v) is 12.5. The Kier molecular flexibility index (Phi) is 4.47. The fourth-order valence-corrected chi connectivity index (χ4v) is 3.01. The predicted octanol–water partition coefficient (Wildman–Crippen LogP) is 1.55. The Morgan fingerprint density at radius 3 is 2.89 bits per heavy atom. The fourth-order valence-electron chi connectivity index (χ4n) is 2.64. The van der Waals surface area contributed by atoms with Crippen molar-refractivity contribution in [1.29, 1.82) is 0 Å². The van der Waals surface area contributed by atoms with Crippen molar-refractivity contribution in [3.63, 3.8) is 0 Å². The number of carbonyl (C=O) groups excluding carboxylic acids is 1. The Morgan fingerprint density at radius 1 is 1.58 bits per heavy atom. The molecule has 5 nitrogen and oxygen atoms in total. The summed E-state index contributed by atoms with van der Waals surface area (Å²) in [7, 11) is 1.94. The van der Waals surface area contributed by atoms with Crippen LogP contribution >= 0.6 is 11.6 Å². The Hall–Kier alpha value is -1.07. The highest BCUT2D eigenvalue weighted by Gasteiger charge is 2.30. The number of aryl methyl sites for hydroxylation is 2. The molecule has 1 aliphatic heterocycles. The van der Waals surface area contributed by atoms with E-state index in [0.717, 1.165) is 26.1 Å². The van der Waals surface area contributed by atoms with Crippen LogP contribution in [0.3, 0.4) is 0 Å². The summed E-state index contributed by atoms with van der Waals surface area (Å²) in [5.41, 5.74) is 1.28. The standard InChI is InChI=1S/C13H21ClN4O/c1-4-18-12(14)11(9(2)16-18)13(19)17-6-5-10(8-17)7-15-3/h10,15H,4-8H2,1-3H3/t10-/m1/s1. The molecule has 0 radical (unpaired) electrons. The van der Waals surface area contributed by atoms with Crippen LogP contribution in [0.25, 0.3) is 0 Å². The quantitative estimate of drug-likeness (QED) is 0.913. The molecule has 106 valence electrons. The Balaban J connectivity index is 2.15. The maximum absolute atomic E-state index is 12.5. The average Bonchev–Trinajstić information content (AvgIpc) is 2.94. The summed E-state index contributed by atoms with van der Waals surface area (Å²) in [5.74, 6) is 0.551. The van der Waals surface area contributed by atoms with Gasteiger partial charge in [0.2, 0.25) is 0 Å². The molecule has 0 spiro atoms. The van der Waals surface area contributed by atoms with Gasteiger partial charge in [0.1, 0.15) is 5.15 Å².